The number of alkyl halides is 6. The first kappa shape index (κ1) is 38.3. The highest BCUT2D eigenvalue weighted by Crippen LogP contribution is 2.66. The lowest BCUT2D eigenvalue weighted by molar-refractivity contribution is -0.598. The Kier molecular flexibility index (Phi) is 8.95. The predicted molar refractivity (Wildman–Crippen MR) is 177 cm³/mol. The number of nitrogens with zero attached hydrogens (tertiary/aromatic N) is 2. The molecule has 10 nitrogen and oxygen atoms in total. The van der Waals surface area contributed by atoms with Gasteiger partial charge in [-0.2, -0.15) is 26.3 Å². The second-order valence-electron chi connectivity index (χ2n) is 18.2. The van der Waals surface area contributed by atoms with Gasteiger partial charge in [-0.05, 0) is 81.6 Å². The highest BCUT2D eigenvalue weighted by molar-refractivity contribution is 5.30. The number of hydrogen-bond acceptors (Lipinski definition) is 10. The van der Waals surface area contributed by atoms with E-state index in [-0.39, 0.29) is 48.9 Å². The molecule has 4 bridgehead atoms. The second kappa shape index (κ2) is 12.6. The molecule has 9 fully saturated rings. The summed E-state index contributed by atoms with van der Waals surface area (Å²) < 4.78 is 126. The third-order valence-electron chi connectivity index (χ3n) is 15.2. The lowest BCUT2D eigenvalue weighted by atomic mass is 9.57. The summed E-state index contributed by atoms with van der Waals surface area (Å²) in [5.74, 6) is -7.89. The number of halogens is 6. The van der Waals surface area contributed by atoms with Crippen LogP contribution in [0.25, 0.3) is 0 Å². The number of fused-ring (bicyclic) bond motifs is 3. The summed E-state index contributed by atoms with van der Waals surface area (Å²) in [4.78, 5) is 15.8. The lowest BCUT2D eigenvalue weighted by Gasteiger charge is -2.62. The number of ether oxygens (including phenoxy) is 6. The Balaban J connectivity index is 0.882. The van der Waals surface area contributed by atoms with E-state index in [1.807, 2.05) is 9.80 Å². The number of rotatable bonds is 6. The number of hydrogen-bond donors (Lipinski definition) is 0. The fourth-order valence-corrected chi connectivity index (χ4v) is 12.4. The molecule has 7 saturated heterocycles. The Bertz CT molecular complexity index is 1510. The van der Waals surface area contributed by atoms with Crippen LogP contribution < -0.4 is 0 Å². The average molecular weight is 781 g/mol. The van der Waals surface area contributed by atoms with Crippen LogP contribution in [0.2, 0.25) is 0 Å². The largest absolute Gasteiger partial charge is 0.456 e. The summed E-state index contributed by atoms with van der Waals surface area (Å²) in [6.07, 6.45) is -6.84. The van der Waals surface area contributed by atoms with Crippen molar-refractivity contribution in [3.05, 3.63) is 11.3 Å². The van der Waals surface area contributed by atoms with Gasteiger partial charge in [0.1, 0.15) is 5.60 Å². The van der Waals surface area contributed by atoms with Crippen LogP contribution in [-0.4, -0.2) is 109 Å². The van der Waals surface area contributed by atoms with Crippen LogP contribution in [0.15, 0.2) is 11.3 Å². The van der Waals surface area contributed by atoms with Crippen molar-refractivity contribution in [1.82, 2.24) is 9.80 Å². The topological polar surface area (TPSA) is 80.3 Å². The molecule has 2 aliphatic carbocycles. The van der Waals surface area contributed by atoms with Gasteiger partial charge in [-0.1, -0.05) is 20.8 Å². The molecular formula is C38H54F6N2O8. The summed E-state index contributed by atoms with van der Waals surface area (Å²) >= 11 is 0. The average Bonchev–Trinajstić information content (AvgIpc) is 3.17. The van der Waals surface area contributed by atoms with Crippen molar-refractivity contribution in [2.45, 2.75) is 139 Å². The van der Waals surface area contributed by atoms with E-state index in [2.05, 4.69) is 13.8 Å². The van der Waals surface area contributed by atoms with Gasteiger partial charge in [-0.15, -0.1) is 0 Å². The summed E-state index contributed by atoms with van der Waals surface area (Å²) in [5.41, 5.74) is -1.92. The molecule has 10 aliphatic rings. The molecule has 0 unspecified atom stereocenters. The molecule has 2 saturated carbocycles. The van der Waals surface area contributed by atoms with E-state index in [0.717, 1.165) is 19.3 Å². The van der Waals surface area contributed by atoms with E-state index in [1.165, 1.54) is 6.92 Å². The van der Waals surface area contributed by atoms with Crippen LogP contribution in [0.5, 0.6) is 0 Å². The molecule has 0 radical (unpaired) electrons. The maximum Gasteiger partial charge on any atom is 0.449 e. The third-order valence-corrected chi connectivity index (χ3v) is 15.2. The van der Waals surface area contributed by atoms with Crippen LogP contribution in [0.1, 0.15) is 86.0 Å². The second-order valence-corrected chi connectivity index (χ2v) is 18.2. The minimum absolute atomic E-state index is 0.0242. The number of piperazine rings is 1. The van der Waals surface area contributed by atoms with E-state index in [0.29, 0.717) is 58.3 Å². The third kappa shape index (κ3) is 5.53. The molecule has 0 N–H and O–H groups in total. The molecule has 10 rings (SSSR count). The Hall–Kier alpha value is -1.24. The Morgan fingerprint density at radius 3 is 2.02 bits per heavy atom. The van der Waals surface area contributed by atoms with Gasteiger partial charge < -0.3 is 28.4 Å². The molecule has 8 heterocycles. The molecule has 306 valence electrons. The highest BCUT2D eigenvalue weighted by Gasteiger charge is 2.77. The van der Waals surface area contributed by atoms with Crippen LogP contribution in [0.3, 0.4) is 0 Å². The van der Waals surface area contributed by atoms with Gasteiger partial charge in [0.15, 0.2) is 17.7 Å². The van der Waals surface area contributed by atoms with E-state index >= 15 is 13.2 Å². The van der Waals surface area contributed by atoms with E-state index < -0.39 is 77.0 Å². The van der Waals surface area contributed by atoms with Crippen LogP contribution in [0, 0.1) is 41.4 Å². The van der Waals surface area contributed by atoms with E-state index in [1.54, 1.807) is 13.8 Å². The molecular weight excluding hydrogens is 726 g/mol. The summed E-state index contributed by atoms with van der Waals surface area (Å²) in [7, 11) is 0. The zero-order valence-electron chi connectivity index (χ0n) is 31.7. The van der Waals surface area contributed by atoms with Gasteiger partial charge in [0.2, 0.25) is 17.8 Å². The van der Waals surface area contributed by atoms with Gasteiger partial charge in [-0.25, -0.2) is 9.78 Å². The fraction of sp³-hybridized carbons (Fsp3) is 0.947. The normalized spacial score (nSPS) is 50.7. The van der Waals surface area contributed by atoms with Crippen molar-refractivity contribution in [1.29, 1.82) is 0 Å². The molecule has 16 heteroatoms. The van der Waals surface area contributed by atoms with Gasteiger partial charge >= 0.3 is 12.4 Å². The minimum atomic E-state index is -4.87. The molecule has 0 aromatic carbocycles. The monoisotopic (exact) mass is 780 g/mol. The summed E-state index contributed by atoms with van der Waals surface area (Å²) in [5, 5.41) is 0. The standard InChI is InChI=1S/C38H54F6N2O8/c1-21-7-9-28-24(29(37(39,40)41)48-30-34(28)25(21)10-12-32(4,49-30)52-34)20-46-16-14-45(15-17-46)18-19-47-36(38(42,43)44)23(3)27-8-6-22(2)26-11-13-33(5)50-31(51-36)35(26,27)54-53-33/h21-23,25-28,30-31H,6-20H2,1-5H3/t21-,22-,23-,25+,26+,27+,28+,30-,31+,32+,33+,34-,35-,36-/m1/s1. The maximum atomic E-state index is 15.3. The Morgan fingerprint density at radius 2 is 1.33 bits per heavy atom. The van der Waals surface area contributed by atoms with Crippen molar-refractivity contribution in [3.8, 4) is 0 Å². The Labute approximate surface area is 312 Å². The smallest absolute Gasteiger partial charge is 0.449 e. The van der Waals surface area contributed by atoms with Crippen molar-refractivity contribution in [3.63, 3.8) is 0 Å². The first-order valence-corrected chi connectivity index (χ1v) is 20.1. The zero-order valence-corrected chi connectivity index (χ0v) is 31.7. The summed E-state index contributed by atoms with van der Waals surface area (Å²) in [6.45, 7) is 11.0. The van der Waals surface area contributed by atoms with Gasteiger partial charge in [-0.3, -0.25) is 9.80 Å². The molecule has 0 amide bonds. The minimum Gasteiger partial charge on any atom is -0.456 e. The first-order valence-electron chi connectivity index (χ1n) is 20.1. The predicted octanol–water partition coefficient (Wildman–Crippen LogP) is 6.89. The molecule has 14 atom stereocenters. The molecule has 54 heavy (non-hydrogen) atoms. The first-order chi connectivity index (χ1) is 25.3. The van der Waals surface area contributed by atoms with Crippen molar-refractivity contribution >= 4 is 0 Å². The molecule has 0 aromatic rings. The van der Waals surface area contributed by atoms with Crippen molar-refractivity contribution < 1.29 is 64.5 Å². The SMILES string of the molecule is C[C@@H]1CC[C@H]2[C@@H](C)[C@](OCCN3CCN(CC4=C(C(F)(F)F)O[C@@H]5O[C@]6(C)CC[C@H]7[C@H](C)CC[C@@H]4[C@@]57O6)CC3)(C(F)(F)F)O[C@@H]3O[C@]4(C)CC[C@@H]1[C@]32OO4. The maximum absolute atomic E-state index is 15.3. The zero-order chi connectivity index (χ0) is 38.3. The van der Waals surface area contributed by atoms with Gasteiger partial charge in [0, 0.05) is 69.9 Å². The van der Waals surface area contributed by atoms with Gasteiger partial charge in [0.05, 0.1) is 6.61 Å². The quantitative estimate of drug-likeness (QED) is 0.210. The molecule has 2 spiro atoms. The van der Waals surface area contributed by atoms with Crippen LogP contribution in [0.4, 0.5) is 26.3 Å². The van der Waals surface area contributed by atoms with Crippen molar-refractivity contribution in [2.24, 2.45) is 41.4 Å². The van der Waals surface area contributed by atoms with E-state index in [9.17, 15) is 13.2 Å². The van der Waals surface area contributed by atoms with Crippen LogP contribution in [-0.2, 0) is 38.2 Å². The van der Waals surface area contributed by atoms with Crippen molar-refractivity contribution in [2.75, 3.05) is 45.9 Å². The van der Waals surface area contributed by atoms with E-state index in [4.69, 9.17) is 38.2 Å². The van der Waals surface area contributed by atoms with Crippen LogP contribution >= 0.6 is 0 Å². The Morgan fingerprint density at radius 1 is 0.704 bits per heavy atom. The molecule has 0 aromatic heterocycles. The number of allylic oxidation sites excluding steroid dienone is 1. The summed E-state index contributed by atoms with van der Waals surface area (Å²) in [6, 6.07) is 0. The lowest BCUT2D eigenvalue weighted by Crippen LogP contribution is -2.76. The molecule has 8 aliphatic heterocycles. The fourth-order valence-electron chi connectivity index (χ4n) is 12.4. The van der Waals surface area contributed by atoms with Gasteiger partial charge in [0.25, 0.3) is 5.79 Å². The highest BCUT2D eigenvalue weighted by atomic mass is 19.4.